The van der Waals surface area contributed by atoms with Crippen molar-refractivity contribution in [3.8, 4) is 0 Å². The zero-order chi connectivity index (χ0) is 16.1. The number of carbonyl (C=O) groups is 1. The van der Waals surface area contributed by atoms with E-state index in [1.165, 1.54) is 29.1 Å². The molecule has 0 spiro atoms. The van der Waals surface area contributed by atoms with Crippen LogP contribution in [0.5, 0.6) is 0 Å². The quantitative estimate of drug-likeness (QED) is 0.840. The van der Waals surface area contributed by atoms with Crippen LogP contribution in [0.25, 0.3) is 0 Å². The van der Waals surface area contributed by atoms with E-state index in [9.17, 15) is 4.79 Å². The SMILES string of the molecule is NCc1nc(C(=O)NCC2(Sc3ccccc3)CCCC2)cs1. The third-order valence-electron chi connectivity index (χ3n) is 4.12. The lowest BCUT2D eigenvalue weighted by molar-refractivity contribution is 0.0945. The predicted molar refractivity (Wildman–Crippen MR) is 95.8 cm³/mol. The van der Waals surface area contributed by atoms with Gasteiger partial charge in [-0.25, -0.2) is 4.98 Å². The number of nitrogens with one attached hydrogen (secondary N) is 1. The molecule has 1 fully saturated rings. The fourth-order valence-corrected chi connectivity index (χ4v) is 5.00. The molecular weight excluding hydrogens is 326 g/mol. The van der Waals surface area contributed by atoms with Gasteiger partial charge < -0.3 is 11.1 Å². The molecular formula is C17H21N3OS2. The summed E-state index contributed by atoms with van der Waals surface area (Å²) in [4.78, 5) is 17.8. The minimum atomic E-state index is -0.0964. The average Bonchev–Trinajstić information content (AvgIpc) is 3.23. The number of hydrogen-bond donors (Lipinski definition) is 2. The lowest BCUT2D eigenvalue weighted by atomic mass is 10.1. The number of rotatable bonds is 6. The molecule has 0 aliphatic heterocycles. The van der Waals surface area contributed by atoms with E-state index in [-0.39, 0.29) is 10.7 Å². The van der Waals surface area contributed by atoms with Gasteiger partial charge in [0.1, 0.15) is 10.7 Å². The van der Waals surface area contributed by atoms with E-state index >= 15 is 0 Å². The molecule has 122 valence electrons. The van der Waals surface area contributed by atoms with Crippen molar-refractivity contribution in [2.24, 2.45) is 5.73 Å². The summed E-state index contributed by atoms with van der Waals surface area (Å²) >= 11 is 3.33. The number of aromatic nitrogens is 1. The largest absolute Gasteiger partial charge is 0.349 e. The summed E-state index contributed by atoms with van der Waals surface area (Å²) in [5.41, 5.74) is 6.04. The van der Waals surface area contributed by atoms with Gasteiger partial charge in [0, 0.05) is 28.1 Å². The molecule has 1 heterocycles. The summed E-state index contributed by atoms with van der Waals surface area (Å²) in [6.45, 7) is 1.06. The Morgan fingerprint density at radius 1 is 1.30 bits per heavy atom. The summed E-state index contributed by atoms with van der Waals surface area (Å²) in [5, 5.41) is 5.66. The molecule has 1 aromatic carbocycles. The second-order valence-electron chi connectivity index (χ2n) is 5.82. The normalized spacial score (nSPS) is 16.4. The van der Waals surface area contributed by atoms with Crippen LogP contribution in [0.3, 0.4) is 0 Å². The number of amides is 1. The van der Waals surface area contributed by atoms with Crippen LogP contribution in [0.1, 0.15) is 41.2 Å². The van der Waals surface area contributed by atoms with Gasteiger partial charge in [-0.05, 0) is 25.0 Å². The maximum Gasteiger partial charge on any atom is 0.270 e. The van der Waals surface area contributed by atoms with Gasteiger partial charge in [-0.1, -0.05) is 31.0 Å². The Labute approximate surface area is 144 Å². The van der Waals surface area contributed by atoms with Crippen LogP contribution in [0, 0.1) is 0 Å². The van der Waals surface area contributed by atoms with Crippen molar-refractivity contribution < 1.29 is 4.79 Å². The topological polar surface area (TPSA) is 68.0 Å². The van der Waals surface area contributed by atoms with Crippen molar-refractivity contribution in [3.63, 3.8) is 0 Å². The van der Waals surface area contributed by atoms with Gasteiger partial charge >= 0.3 is 0 Å². The molecule has 1 amide bonds. The highest BCUT2D eigenvalue weighted by Crippen LogP contribution is 2.44. The molecule has 1 saturated carbocycles. The van der Waals surface area contributed by atoms with E-state index < -0.39 is 0 Å². The number of benzene rings is 1. The smallest absolute Gasteiger partial charge is 0.270 e. The number of hydrogen-bond acceptors (Lipinski definition) is 5. The van der Waals surface area contributed by atoms with Crippen molar-refractivity contribution in [2.75, 3.05) is 6.54 Å². The van der Waals surface area contributed by atoms with Gasteiger partial charge in [0.25, 0.3) is 5.91 Å². The number of nitrogens with two attached hydrogens (primary N) is 1. The van der Waals surface area contributed by atoms with Crippen molar-refractivity contribution in [3.05, 3.63) is 46.4 Å². The summed E-state index contributed by atoms with van der Waals surface area (Å²) in [6.07, 6.45) is 4.73. The number of nitrogens with zero attached hydrogens (tertiary/aromatic N) is 1. The first-order valence-electron chi connectivity index (χ1n) is 7.87. The van der Waals surface area contributed by atoms with Gasteiger partial charge in [0.15, 0.2) is 0 Å². The highest BCUT2D eigenvalue weighted by molar-refractivity contribution is 8.00. The molecule has 1 aliphatic rings. The van der Waals surface area contributed by atoms with E-state index in [2.05, 4.69) is 34.6 Å². The summed E-state index contributed by atoms with van der Waals surface area (Å²) in [7, 11) is 0. The highest BCUT2D eigenvalue weighted by atomic mass is 32.2. The molecule has 6 heteroatoms. The fourth-order valence-electron chi connectivity index (χ4n) is 2.91. The fraction of sp³-hybridized carbons (Fsp3) is 0.412. The van der Waals surface area contributed by atoms with Crippen LogP contribution >= 0.6 is 23.1 Å². The van der Waals surface area contributed by atoms with E-state index in [0.29, 0.717) is 18.8 Å². The van der Waals surface area contributed by atoms with Crippen LogP contribution in [0.15, 0.2) is 40.6 Å². The molecule has 0 unspecified atom stereocenters. The van der Waals surface area contributed by atoms with Crippen molar-refractivity contribution in [1.29, 1.82) is 0 Å². The Hall–Kier alpha value is -1.37. The standard InChI is InChI=1S/C17H21N3OS2/c18-10-15-20-14(11-22-15)16(21)19-12-17(8-4-5-9-17)23-13-6-2-1-3-7-13/h1-3,6-7,11H,4-5,8-10,12,18H2,(H,19,21). The highest BCUT2D eigenvalue weighted by Gasteiger charge is 2.35. The van der Waals surface area contributed by atoms with Crippen molar-refractivity contribution >= 4 is 29.0 Å². The molecule has 3 N–H and O–H groups in total. The first kappa shape index (κ1) is 16.5. The van der Waals surface area contributed by atoms with Crippen molar-refractivity contribution in [1.82, 2.24) is 10.3 Å². The summed E-state index contributed by atoms with van der Waals surface area (Å²) in [6, 6.07) is 10.4. The lowest BCUT2D eigenvalue weighted by Crippen LogP contribution is -2.38. The van der Waals surface area contributed by atoms with Gasteiger partial charge in [-0.3, -0.25) is 4.79 Å². The Balaban J connectivity index is 1.64. The maximum absolute atomic E-state index is 12.3. The van der Waals surface area contributed by atoms with Gasteiger partial charge in [-0.15, -0.1) is 23.1 Å². The van der Waals surface area contributed by atoms with E-state index in [1.807, 2.05) is 17.8 Å². The van der Waals surface area contributed by atoms with Crippen LogP contribution < -0.4 is 11.1 Å². The molecule has 2 aromatic rings. The predicted octanol–water partition coefficient (Wildman–Crippen LogP) is 3.44. The molecule has 23 heavy (non-hydrogen) atoms. The molecule has 0 bridgehead atoms. The Morgan fingerprint density at radius 3 is 2.70 bits per heavy atom. The Bertz CT molecular complexity index is 651. The molecule has 1 aliphatic carbocycles. The molecule has 0 atom stereocenters. The van der Waals surface area contributed by atoms with Crippen LogP contribution in [0.2, 0.25) is 0 Å². The monoisotopic (exact) mass is 347 g/mol. The summed E-state index contributed by atoms with van der Waals surface area (Å²) < 4.78 is 0.101. The summed E-state index contributed by atoms with van der Waals surface area (Å²) in [5.74, 6) is -0.0964. The average molecular weight is 348 g/mol. The zero-order valence-electron chi connectivity index (χ0n) is 13.0. The van der Waals surface area contributed by atoms with Crippen LogP contribution in [-0.4, -0.2) is 22.2 Å². The Kier molecular flexibility index (Phi) is 5.35. The van der Waals surface area contributed by atoms with Crippen LogP contribution in [-0.2, 0) is 6.54 Å². The number of thioether (sulfide) groups is 1. The molecule has 3 rings (SSSR count). The Morgan fingerprint density at radius 2 is 2.04 bits per heavy atom. The van der Waals surface area contributed by atoms with E-state index in [0.717, 1.165) is 17.8 Å². The van der Waals surface area contributed by atoms with Gasteiger partial charge in [0.05, 0.1) is 0 Å². The second kappa shape index (κ2) is 7.47. The minimum absolute atomic E-state index is 0.0964. The second-order valence-corrected chi connectivity index (χ2v) is 8.30. The van der Waals surface area contributed by atoms with E-state index in [1.54, 1.807) is 5.38 Å². The molecule has 0 radical (unpaired) electrons. The first-order chi connectivity index (χ1) is 11.2. The third kappa shape index (κ3) is 4.13. The minimum Gasteiger partial charge on any atom is -0.349 e. The number of carbonyl (C=O) groups excluding carboxylic acids is 1. The zero-order valence-corrected chi connectivity index (χ0v) is 14.6. The van der Waals surface area contributed by atoms with E-state index in [4.69, 9.17) is 5.73 Å². The van der Waals surface area contributed by atoms with Gasteiger partial charge in [-0.2, -0.15) is 0 Å². The third-order valence-corrected chi connectivity index (χ3v) is 6.49. The van der Waals surface area contributed by atoms with Crippen LogP contribution in [0.4, 0.5) is 0 Å². The van der Waals surface area contributed by atoms with Crippen molar-refractivity contribution in [2.45, 2.75) is 41.9 Å². The number of thiazole rings is 1. The van der Waals surface area contributed by atoms with Gasteiger partial charge in [0.2, 0.25) is 0 Å². The molecule has 4 nitrogen and oxygen atoms in total. The maximum atomic E-state index is 12.3. The molecule has 0 saturated heterocycles. The first-order valence-corrected chi connectivity index (χ1v) is 9.57. The lowest BCUT2D eigenvalue weighted by Gasteiger charge is -2.28. The molecule has 1 aromatic heterocycles.